The lowest BCUT2D eigenvalue weighted by molar-refractivity contribution is -0.136. The van der Waals surface area contributed by atoms with E-state index in [2.05, 4.69) is 10.2 Å². The molecule has 0 bridgehead atoms. The summed E-state index contributed by atoms with van der Waals surface area (Å²) in [7, 11) is 0. The zero-order chi connectivity index (χ0) is 11.5. The first-order chi connectivity index (χ1) is 7.72. The third kappa shape index (κ3) is 1.78. The number of benzene rings is 1. The second-order valence-corrected chi connectivity index (χ2v) is 3.22. The van der Waals surface area contributed by atoms with Crippen LogP contribution in [-0.4, -0.2) is 26.5 Å². The molecule has 2 aromatic rings. The van der Waals surface area contributed by atoms with Crippen molar-refractivity contribution in [3.8, 4) is 0 Å². The van der Waals surface area contributed by atoms with Crippen LogP contribution in [0.2, 0.25) is 0 Å². The number of nitrogens with zero attached hydrogens (tertiary/aromatic N) is 2. The van der Waals surface area contributed by atoms with Crippen LogP contribution in [0, 0.1) is 0 Å². The summed E-state index contributed by atoms with van der Waals surface area (Å²) in [6.45, 7) is 0. The van der Waals surface area contributed by atoms with Gasteiger partial charge in [0.05, 0.1) is 12.1 Å². The SMILES string of the molecule is O=C(O)Cc1nnc(NO)c2ccccc12. The van der Waals surface area contributed by atoms with Gasteiger partial charge in [0.1, 0.15) is 0 Å². The number of carboxylic acid groups (broad SMARTS) is 1. The minimum Gasteiger partial charge on any atom is -0.481 e. The molecule has 0 saturated heterocycles. The van der Waals surface area contributed by atoms with E-state index >= 15 is 0 Å². The van der Waals surface area contributed by atoms with Crippen molar-refractivity contribution in [2.24, 2.45) is 0 Å². The van der Waals surface area contributed by atoms with Gasteiger partial charge in [0.15, 0.2) is 5.82 Å². The fourth-order valence-corrected chi connectivity index (χ4v) is 1.52. The maximum absolute atomic E-state index is 10.6. The van der Waals surface area contributed by atoms with E-state index in [1.807, 2.05) is 5.48 Å². The monoisotopic (exact) mass is 219 g/mol. The number of anilines is 1. The molecule has 0 radical (unpaired) electrons. The Morgan fingerprint density at radius 2 is 1.94 bits per heavy atom. The molecule has 1 heterocycles. The van der Waals surface area contributed by atoms with Crippen molar-refractivity contribution in [3.63, 3.8) is 0 Å². The van der Waals surface area contributed by atoms with E-state index in [-0.39, 0.29) is 12.2 Å². The van der Waals surface area contributed by atoms with Crippen LogP contribution < -0.4 is 5.48 Å². The maximum Gasteiger partial charge on any atom is 0.309 e. The van der Waals surface area contributed by atoms with Gasteiger partial charge in [-0.25, -0.2) is 0 Å². The number of nitrogens with one attached hydrogen (secondary N) is 1. The Morgan fingerprint density at radius 1 is 1.25 bits per heavy atom. The van der Waals surface area contributed by atoms with Gasteiger partial charge in [-0.05, 0) is 0 Å². The summed E-state index contributed by atoms with van der Waals surface area (Å²) in [5, 5.41) is 26.3. The van der Waals surface area contributed by atoms with Crippen molar-refractivity contribution in [2.45, 2.75) is 6.42 Å². The molecule has 16 heavy (non-hydrogen) atoms. The van der Waals surface area contributed by atoms with E-state index in [9.17, 15) is 4.79 Å². The average Bonchev–Trinajstić information content (AvgIpc) is 2.29. The molecule has 6 nitrogen and oxygen atoms in total. The summed E-state index contributed by atoms with van der Waals surface area (Å²) in [4.78, 5) is 10.6. The first kappa shape index (κ1) is 10.3. The van der Waals surface area contributed by atoms with Crippen LogP contribution in [0.1, 0.15) is 5.69 Å². The van der Waals surface area contributed by atoms with Gasteiger partial charge in [0.2, 0.25) is 0 Å². The van der Waals surface area contributed by atoms with Crippen LogP contribution in [0.25, 0.3) is 10.8 Å². The fraction of sp³-hybridized carbons (Fsp3) is 0.100. The van der Waals surface area contributed by atoms with E-state index in [1.54, 1.807) is 24.3 Å². The Hall–Kier alpha value is -2.21. The summed E-state index contributed by atoms with van der Waals surface area (Å²) in [6.07, 6.45) is -0.195. The van der Waals surface area contributed by atoms with Crippen molar-refractivity contribution in [2.75, 3.05) is 5.48 Å². The number of aliphatic carboxylic acids is 1. The number of carboxylic acids is 1. The van der Waals surface area contributed by atoms with Crippen molar-refractivity contribution in [3.05, 3.63) is 30.0 Å². The Labute approximate surface area is 90.5 Å². The smallest absolute Gasteiger partial charge is 0.309 e. The molecule has 0 saturated carbocycles. The molecule has 6 heteroatoms. The first-order valence-corrected chi connectivity index (χ1v) is 4.58. The molecule has 82 valence electrons. The van der Waals surface area contributed by atoms with Gasteiger partial charge in [-0.3, -0.25) is 15.5 Å². The summed E-state index contributed by atoms with van der Waals surface area (Å²) in [5.74, 6) is -0.756. The average molecular weight is 219 g/mol. The molecule has 1 aromatic heterocycles. The highest BCUT2D eigenvalue weighted by Crippen LogP contribution is 2.22. The normalized spacial score (nSPS) is 10.3. The quantitative estimate of drug-likeness (QED) is 0.668. The minimum atomic E-state index is -0.968. The van der Waals surface area contributed by atoms with Crippen molar-refractivity contribution < 1.29 is 15.1 Å². The number of aromatic nitrogens is 2. The standard InChI is InChI=1S/C10H9N3O3/c14-9(15)5-8-6-3-1-2-4-7(6)10(13-16)12-11-8/h1-4,16H,5H2,(H,12,13)(H,14,15). The third-order valence-corrected chi connectivity index (χ3v) is 2.19. The molecule has 3 N–H and O–H groups in total. The van der Waals surface area contributed by atoms with E-state index in [0.29, 0.717) is 16.5 Å². The molecular formula is C10H9N3O3. The molecule has 0 atom stereocenters. The molecule has 0 fully saturated rings. The second-order valence-electron chi connectivity index (χ2n) is 3.22. The Morgan fingerprint density at radius 3 is 2.56 bits per heavy atom. The lowest BCUT2D eigenvalue weighted by Crippen LogP contribution is -2.06. The number of rotatable bonds is 3. The molecule has 0 amide bonds. The number of hydrogen-bond donors (Lipinski definition) is 3. The Balaban J connectivity index is 2.64. The Bertz CT molecular complexity index is 542. The molecule has 0 unspecified atom stereocenters. The van der Waals surface area contributed by atoms with Crippen LogP contribution in [0.15, 0.2) is 24.3 Å². The number of fused-ring (bicyclic) bond motifs is 1. The van der Waals surface area contributed by atoms with Gasteiger partial charge in [-0.1, -0.05) is 24.3 Å². The van der Waals surface area contributed by atoms with Crippen molar-refractivity contribution >= 4 is 22.6 Å². The van der Waals surface area contributed by atoms with Gasteiger partial charge in [0.25, 0.3) is 0 Å². The topological polar surface area (TPSA) is 95.3 Å². The van der Waals surface area contributed by atoms with Crippen LogP contribution in [0.4, 0.5) is 5.82 Å². The molecule has 1 aromatic carbocycles. The minimum absolute atomic E-state index is 0.195. The zero-order valence-electron chi connectivity index (χ0n) is 8.21. The van der Waals surface area contributed by atoms with Crippen LogP contribution in [0.5, 0.6) is 0 Å². The van der Waals surface area contributed by atoms with Gasteiger partial charge in [-0.15, -0.1) is 5.10 Å². The largest absolute Gasteiger partial charge is 0.481 e. The van der Waals surface area contributed by atoms with Gasteiger partial charge < -0.3 is 5.11 Å². The highest BCUT2D eigenvalue weighted by Gasteiger charge is 2.10. The molecule has 2 rings (SSSR count). The summed E-state index contributed by atoms with van der Waals surface area (Å²) in [5.41, 5.74) is 2.31. The molecular weight excluding hydrogens is 210 g/mol. The van der Waals surface area contributed by atoms with Crippen LogP contribution in [-0.2, 0) is 11.2 Å². The van der Waals surface area contributed by atoms with Crippen LogP contribution in [0.3, 0.4) is 0 Å². The van der Waals surface area contributed by atoms with Crippen LogP contribution >= 0.6 is 0 Å². The lowest BCUT2D eigenvalue weighted by atomic mass is 10.1. The maximum atomic E-state index is 10.6. The summed E-state index contributed by atoms with van der Waals surface area (Å²) < 4.78 is 0. The first-order valence-electron chi connectivity index (χ1n) is 4.58. The Kier molecular flexibility index (Phi) is 2.65. The molecule has 0 spiro atoms. The van der Waals surface area contributed by atoms with Gasteiger partial charge >= 0.3 is 5.97 Å². The predicted molar refractivity (Wildman–Crippen MR) is 56.3 cm³/mol. The zero-order valence-corrected chi connectivity index (χ0v) is 8.21. The lowest BCUT2D eigenvalue weighted by Gasteiger charge is -2.06. The molecule has 0 aliphatic rings. The highest BCUT2D eigenvalue weighted by molar-refractivity contribution is 5.94. The fourth-order valence-electron chi connectivity index (χ4n) is 1.52. The number of hydrogen-bond acceptors (Lipinski definition) is 5. The number of carbonyl (C=O) groups is 1. The van der Waals surface area contributed by atoms with Crippen molar-refractivity contribution in [1.29, 1.82) is 0 Å². The van der Waals surface area contributed by atoms with E-state index in [0.717, 1.165) is 0 Å². The molecule has 0 aliphatic carbocycles. The predicted octanol–water partition coefficient (Wildman–Crippen LogP) is 1.06. The van der Waals surface area contributed by atoms with E-state index < -0.39 is 5.97 Å². The molecule has 0 aliphatic heterocycles. The van der Waals surface area contributed by atoms with E-state index in [1.165, 1.54) is 0 Å². The third-order valence-electron chi connectivity index (χ3n) is 2.19. The van der Waals surface area contributed by atoms with Gasteiger partial charge in [0, 0.05) is 10.8 Å². The summed E-state index contributed by atoms with van der Waals surface area (Å²) >= 11 is 0. The van der Waals surface area contributed by atoms with Gasteiger partial charge in [-0.2, -0.15) is 5.10 Å². The van der Waals surface area contributed by atoms with Crippen molar-refractivity contribution in [1.82, 2.24) is 10.2 Å². The second kappa shape index (κ2) is 4.11. The highest BCUT2D eigenvalue weighted by atomic mass is 16.5. The van der Waals surface area contributed by atoms with E-state index in [4.69, 9.17) is 10.3 Å². The summed E-state index contributed by atoms with van der Waals surface area (Å²) in [6, 6.07) is 7.02.